The van der Waals surface area contributed by atoms with Crippen LogP contribution in [0.4, 0.5) is 0 Å². The van der Waals surface area contributed by atoms with Crippen molar-refractivity contribution in [2.24, 2.45) is 11.8 Å². The molecule has 0 amide bonds. The monoisotopic (exact) mass is 302 g/mol. The van der Waals surface area contributed by atoms with Gasteiger partial charge in [0, 0.05) is 18.3 Å². The van der Waals surface area contributed by atoms with E-state index in [1.54, 1.807) is 0 Å². The number of rotatable bonds is 11. The molecule has 0 fully saturated rings. The van der Waals surface area contributed by atoms with Crippen molar-refractivity contribution in [3.8, 4) is 0 Å². The van der Waals surface area contributed by atoms with Crippen molar-refractivity contribution in [3.63, 3.8) is 0 Å². The van der Waals surface area contributed by atoms with E-state index in [0.717, 1.165) is 19.3 Å². The molecule has 0 spiro atoms. The molecular weight excluding hydrogens is 264 g/mol. The van der Waals surface area contributed by atoms with Gasteiger partial charge in [0.05, 0.1) is 0 Å². The predicted octanol–water partition coefficient (Wildman–Crippen LogP) is 5.76. The second kappa shape index (κ2) is 9.21. The Balaban J connectivity index is 5.31. The molecule has 1 unspecified atom stereocenters. The Hall–Kier alpha value is 0.137. The van der Waals surface area contributed by atoms with Gasteiger partial charge < -0.3 is 8.85 Å². The minimum atomic E-state index is -2.19. The first kappa shape index (κ1) is 20.1. The second-order valence-electron chi connectivity index (χ2n) is 6.83. The molecule has 20 heavy (non-hydrogen) atoms. The average Bonchev–Trinajstić information content (AvgIpc) is 2.38. The normalized spacial score (nSPS) is 14.8. The van der Waals surface area contributed by atoms with E-state index < -0.39 is 8.56 Å². The highest BCUT2D eigenvalue weighted by Crippen LogP contribution is 2.50. The topological polar surface area (TPSA) is 18.5 Å². The summed E-state index contributed by atoms with van der Waals surface area (Å²) in [6.07, 6.45) is 3.76. The maximum atomic E-state index is 6.37. The Morgan fingerprint density at radius 1 is 0.900 bits per heavy atom. The maximum absolute atomic E-state index is 6.37. The highest BCUT2D eigenvalue weighted by Gasteiger charge is 2.54. The standard InChI is InChI=1S/C17H38O2Si/c1-9-12-13-14-20(18-10-2,19-11-3)17(7,8)16(6)15(4)5/h15-16H,9-14H2,1-8H3. The molecule has 0 aromatic rings. The predicted molar refractivity (Wildman–Crippen MR) is 91.4 cm³/mol. The molecule has 1 atom stereocenters. The molecular formula is C17H38O2Si. The summed E-state index contributed by atoms with van der Waals surface area (Å²) >= 11 is 0. The Morgan fingerprint density at radius 2 is 1.40 bits per heavy atom. The SMILES string of the molecule is CCCCC[Si](OCC)(OCC)C(C)(C)C(C)C(C)C. The van der Waals surface area contributed by atoms with Crippen LogP contribution in [-0.2, 0) is 8.85 Å². The zero-order valence-corrected chi connectivity index (χ0v) is 16.2. The molecule has 0 N–H and O–H groups in total. The van der Waals surface area contributed by atoms with Gasteiger partial charge in [0.1, 0.15) is 0 Å². The molecule has 0 aliphatic carbocycles. The van der Waals surface area contributed by atoms with E-state index in [0.29, 0.717) is 11.8 Å². The fraction of sp³-hybridized carbons (Fsp3) is 1.00. The van der Waals surface area contributed by atoms with Crippen molar-refractivity contribution < 1.29 is 8.85 Å². The van der Waals surface area contributed by atoms with Crippen molar-refractivity contribution in [2.45, 2.75) is 85.7 Å². The smallest absolute Gasteiger partial charge is 0.344 e. The lowest BCUT2D eigenvalue weighted by atomic mass is 9.86. The van der Waals surface area contributed by atoms with Crippen LogP contribution in [0.25, 0.3) is 0 Å². The molecule has 0 radical (unpaired) electrons. The summed E-state index contributed by atoms with van der Waals surface area (Å²) < 4.78 is 12.7. The minimum Gasteiger partial charge on any atom is -0.394 e. The molecule has 0 aliphatic rings. The Labute approximate surface area is 128 Å². The van der Waals surface area contributed by atoms with Crippen LogP contribution in [0.2, 0.25) is 11.1 Å². The maximum Gasteiger partial charge on any atom is 0.344 e. The highest BCUT2D eigenvalue weighted by molar-refractivity contribution is 6.70. The Morgan fingerprint density at radius 3 is 1.75 bits per heavy atom. The Bertz CT molecular complexity index is 245. The van der Waals surface area contributed by atoms with Crippen molar-refractivity contribution >= 4 is 8.56 Å². The molecule has 0 saturated heterocycles. The third-order valence-corrected chi connectivity index (χ3v) is 9.93. The average molecular weight is 303 g/mol. The molecule has 3 heteroatoms. The van der Waals surface area contributed by atoms with Crippen LogP contribution in [-0.4, -0.2) is 21.8 Å². The summed E-state index contributed by atoms with van der Waals surface area (Å²) in [5, 5.41) is 0.140. The van der Waals surface area contributed by atoms with Crippen molar-refractivity contribution in [2.75, 3.05) is 13.2 Å². The van der Waals surface area contributed by atoms with Gasteiger partial charge in [0.2, 0.25) is 0 Å². The van der Waals surface area contributed by atoms with Crippen molar-refractivity contribution in [3.05, 3.63) is 0 Å². The fourth-order valence-electron chi connectivity index (χ4n) is 3.13. The molecule has 0 rings (SSSR count). The van der Waals surface area contributed by atoms with Crippen LogP contribution in [0.5, 0.6) is 0 Å². The van der Waals surface area contributed by atoms with E-state index in [2.05, 4.69) is 55.4 Å². The summed E-state index contributed by atoms with van der Waals surface area (Å²) in [5.74, 6) is 1.26. The molecule has 0 saturated carbocycles. The lowest BCUT2D eigenvalue weighted by Crippen LogP contribution is -2.54. The number of unbranched alkanes of at least 4 members (excludes halogenated alkanes) is 2. The van der Waals surface area contributed by atoms with E-state index in [-0.39, 0.29) is 5.04 Å². The first-order valence-corrected chi connectivity index (χ1v) is 10.6. The van der Waals surface area contributed by atoms with Gasteiger partial charge in [-0.3, -0.25) is 0 Å². The van der Waals surface area contributed by atoms with Crippen LogP contribution in [0.15, 0.2) is 0 Å². The van der Waals surface area contributed by atoms with E-state index >= 15 is 0 Å². The lowest BCUT2D eigenvalue weighted by Gasteiger charge is -2.47. The summed E-state index contributed by atoms with van der Waals surface area (Å²) in [7, 11) is -2.19. The summed E-state index contributed by atoms with van der Waals surface area (Å²) in [5.41, 5.74) is 0. The zero-order valence-electron chi connectivity index (χ0n) is 15.2. The van der Waals surface area contributed by atoms with E-state index in [1.165, 1.54) is 19.3 Å². The van der Waals surface area contributed by atoms with Crippen LogP contribution in [0.1, 0.15) is 74.7 Å². The first-order chi connectivity index (χ1) is 9.29. The van der Waals surface area contributed by atoms with Gasteiger partial charge in [-0.2, -0.15) is 0 Å². The molecule has 0 aromatic carbocycles. The van der Waals surface area contributed by atoms with E-state index in [1.807, 2.05) is 0 Å². The highest BCUT2D eigenvalue weighted by atomic mass is 28.4. The van der Waals surface area contributed by atoms with Crippen molar-refractivity contribution in [1.29, 1.82) is 0 Å². The van der Waals surface area contributed by atoms with Gasteiger partial charge in [-0.25, -0.2) is 0 Å². The number of hydrogen-bond acceptors (Lipinski definition) is 2. The van der Waals surface area contributed by atoms with Crippen LogP contribution in [0, 0.1) is 11.8 Å². The second-order valence-corrected chi connectivity index (χ2v) is 10.7. The third-order valence-electron chi connectivity index (χ3n) is 4.98. The lowest BCUT2D eigenvalue weighted by molar-refractivity contribution is 0.131. The largest absolute Gasteiger partial charge is 0.394 e. The van der Waals surface area contributed by atoms with Crippen LogP contribution in [0.3, 0.4) is 0 Å². The third kappa shape index (κ3) is 4.85. The summed E-state index contributed by atoms with van der Waals surface area (Å²) in [6.45, 7) is 19.8. The fourth-order valence-corrected chi connectivity index (χ4v) is 7.57. The van der Waals surface area contributed by atoms with Gasteiger partial charge in [0.15, 0.2) is 0 Å². The molecule has 0 bridgehead atoms. The zero-order chi connectivity index (χ0) is 15.8. The van der Waals surface area contributed by atoms with Crippen LogP contribution < -0.4 is 0 Å². The molecule has 0 aromatic heterocycles. The van der Waals surface area contributed by atoms with Gasteiger partial charge in [-0.05, 0) is 31.7 Å². The molecule has 0 heterocycles. The van der Waals surface area contributed by atoms with Gasteiger partial charge in [0.25, 0.3) is 0 Å². The minimum absolute atomic E-state index is 0.140. The van der Waals surface area contributed by atoms with Crippen molar-refractivity contribution in [1.82, 2.24) is 0 Å². The summed E-state index contributed by atoms with van der Waals surface area (Å²) in [6, 6.07) is 1.13. The van der Waals surface area contributed by atoms with Crippen LogP contribution >= 0.6 is 0 Å². The number of hydrogen-bond donors (Lipinski definition) is 0. The summed E-state index contributed by atoms with van der Waals surface area (Å²) in [4.78, 5) is 0. The van der Waals surface area contributed by atoms with E-state index in [9.17, 15) is 0 Å². The van der Waals surface area contributed by atoms with Gasteiger partial charge in [-0.15, -0.1) is 0 Å². The first-order valence-electron chi connectivity index (χ1n) is 8.56. The quantitative estimate of drug-likeness (QED) is 0.356. The Kier molecular flexibility index (Phi) is 9.28. The molecule has 122 valence electrons. The van der Waals surface area contributed by atoms with Gasteiger partial charge in [-0.1, -0.05) is 60.8 Å². The van der Waals surface area contributed by atoms with Gasteiger partial charge >= 0.3 is 8.56 Å². The molecule has 2 nitrogen and oxygen atoms in total. The molecule has 0 aliphatic heterocycles. The van der Waals surface area contributed by atoms with E-state index in [4.69, 9.17) is 8.85 Å².